The lowest BCUT2D eigenvalue weighted by molar-refractivity contribution is 0.112. The summed E-state index contributed by atoms with van der Waals surface area (Å²) in [6.45, 7) is 4.03. The van der Waals surface area contributed by atoms with Gasteiger partial charge in [-0.2, -0.15) is 0 Å². The van der Waals surface area contributed by atoms with E-state index < -0.39 is 28.8 Å². The molecule has 6 nitrogen and oxygen atoms in total. The van der Waals surface area contributed by atoms with Crippen LogP contribution in [0.4, 0.5) is 4.39 Å². The molecule has 0 aliphatic carbocycles. The van der Waals surface area contributed by atoms with Crippen molar-refractivity contribution < 1.29 is 9.13 Å². The Morgan fingerprint density at radius 1 is 1.07 bits per heavy atom. The molecule has 0 bridgehead atoms. The molecule has 3 aromatic rings. The Balaban J connectivity index is 1.81. The van der Waals surface area contributed by atoms with Crippen LogP contribution in [0, 0.1) is 5.82 Å². The predicted molar refractivity (Wildman–Crippen MR) is 102 cm³/mol. The van der Waals surface area contributed by atoms with Crippen LogP contribution in [0.15, 0.2) is 69.8 Å². The second-order valence-electron chi connectivity index (χ2n) is 7.52. The van der Waals surface area contributed by atoms with E-state index in [-0.39, 0.29) is 6.54 Å². The summed E-state index contributed by atoms with van der Waals surface area (Å²) in [4.78, 5) is 26.4. The number of hydrogen-bond donors (Lipinski definition) is 0. The van der Waals surface area contributed by atoms with Gasteiger partial charge in [0.2, 0.25) is 0 Å². The topological polar surface area (TPSA) is 58.2 Å². The smallest absolute Gasteiger partial charge is 0.352 e. The van der Waals surface area contributed by atoms with Crippen molar-refractivity contribution in [2.24, 2.45) is 0 Å². The van der Waals surface area contributed by atoms with Crippen LogP contribution < -0.4 is 16.1 Å². The van der Waals surface area contributed by atoms with Crippen LogP contribution in [-0.2, 0) is 6.54 Å². The molecule has 3 heterocycles. The molecule has 28 heavy (non-hydrogen) atoms. The minimum atomic E-state index is -0.735. The van der Waals surface area contributed by atoms with E-state index in [0.717, 1.165) is 5.57 Å². The number of rotatable bonds is 1. The van der Waals surface area contributed by atoms with Crippen molar-refractivity contribution in [1.82, 2.24) is 13.9 Å². The monoisotopic (exact) mass is 379 g/mol. The van der Waals surface area contributed by atoms with Gasteiger partial charge in [0.05, 0.1) is 12.2 Å². The predicted octanol–water partition coefficient (Wildman–Crippen LogP) is 2.64. The van der Waals surface area contributed by atoms with Crippen molar-refractivity contribution >= 4 is 0 Å². The van der Waals surface area contributed by atoms with Crippen molar-refractivity contribution in [3.05, 3.63) is 92.5 Å². The van der Waals surface area contributed by atoms with Crippen molar-refractivity contribution in [3.8, 4) is 11.4 Å². The molecule has 142 valence electrons. The fraction of sp³-hybridized carbons (Fsp3) is 0.238. The van der Waals surface area contributed by atoms with Crippen molar-refractivity contribution in [1.29, 1.82) is 0 Å². The molecule has 2 aliphatic rings. The minimum absolute atomic E-state index is 0.267. The fourth-order valence-electron chi connectivity index (χ4n) is 4.17. The molecule has 0 fully saturated rings. The first-order chi connectivity index (χ1) is 13.4. The van der Waals surface area contributed by atoms with Crippen LogP contribution in [0.3, 0.4) is 0 Å². The number of allylic oxidation sites excluding steroid dienone is 1. The van der Waals surface area contributed by atoms with E-state index in [4.69, 9.17) is 4.74 Å². The summed E-state index contributed by atoms with van der Waals surface area (Å²) in [5.41, 5.74) is 0.478. The number of para-hydroxylation sites is 1. The Labute approximate surface area is 159 Å². The maximum absolute atomic E-state index is 13.8. The first-order valence-electron chi connectivity index (χ1n) is 9.07. The van der Waals surface area contributed by atoms with E-state index in [2.05, 4.69) is 0 Å². The molecule has 1 atom stereocenters. The molecule has 0 spiro atoms. The van der Waals surface area contributed by atoms with Crippen molar-refractivity contribution in [2.45, 2.75) is 32.0 Å². The van der Waals surface area contributed by atoms with Gasteiger partial charge in [-0.15, -0.1) is 0 Å². The molecule has 0 radical (unpaired) electrons. The van der Waals surface area contributed by atoms with Gasteiger partial charge in [-0.25, -0.2) is 27.9 Å². The molecular weight excluding hydrogens is 361 g/mol. The van der Waals surface area contributed by atoms with Gasteiger partial charge in [0, 0.05) is 11.6 Å². The number of halogens is 1. The van der Waals surface area contributed by atoms with Gasteiger partial charge in [-0.3, -0.25) is 0 Å². The number of hydrogen-bond acceptors (Lipinski definition) is 3. The molecule has 1 aromatic heterocycles. The average Bonchev–Trinajstić information content (AvgIpc) is 2.92. The van der Waals surface area contributed by atoms with E-state index in [1.54, 1.807) is 30.3 Å². The van der Waals surface area contributed by atoms with Gasteiger partial charge in [-0.05, 0) is 43.7 Å². The molecule has 2 aliphatic heterocycles. The molecule has 0 amide bonds. The maximum atomic E-state index is 13.8. The third-order valence-corrected chi connectivity index (χ3v) is 5.43. The molecule has 0 saturated heterocycles. The molecule has 2 aromatic carbocycles. The summed E-state index contributed by atoms with van der Waals surface area (Å²) in [5, 5.41) is 0. The number of nitrogens with zero attached hydrogens (tertiary/aromatic N) is 3. The van der Waals surface area contributed by atoms with Gasteiger partial charge in [0.1, 0.15) is 23.2 Å². The number of benzene rings is 2. The second kappa shape index (κ2) is 5.58. The fourth-order valence-corrected chi connectivity index (χ4v) is 4.17. The van der Waals surface area contributed by atoms with Gasteiger partial charge >= 0.3 is 11.4 Å². The lowest BCUT2D eigenvalue weighted by Crippen LogP contribution is -2.46. The summed E-state index contributed by atoms with van der Waals surface area (Å²) in [6.07, 6.45) is 1.92. The zero-order valence-electron chi connectivity index (χ0n) is 15.4. The molecule has 0 saturated carbocycles. The highest BCUT2D eigenvalue weighted by atomic mass is 19.1. The molecule has 7 heteroatoms. The van der Waals surface area contributed by atoms with E-state index in [9.17, 15) is 14.0 Å². The summed E-state index contributed by atoms with van der Waals surface area (Å²) >= 11 is 0. The highest BCUT2D eigenvalue weighted by molar-refractivity contribution is 5.48. The van der Waals surface area contributed by atoms with Gasteiger partial charge in [0.15, 0.2) is 0 Å². The zero-order chi connectivity index (χ0) is 19.6. The van der Waals surface area contributed by atoms with Gasteiger partial charge in [0.25, 0.3) is 0 Å². The quantitative estimate of drug-likeness (QED) is 0.611. The van der Waals surface area contributed by atoms with Crippen LogP contribution in [0.5, 0.6) is 5.75 Å². The van der Waals surface area contributed by atoms with Crippen LogP contribution >= 0.6 is 0 Å². The molecular formula is C21H18FN3O3. The van der Waals surface area contributed by atoms with Crippen molar-refractivity contribution in [2.75, 3.05) is 0 Å². The Hall–Kier alpha value is -3.35. The zero-order valence-corrected chi connectivity index (χ0v) is 15.4. The van der Waals surface area contributed by atoms with E-state index in [1.165, 1.54) is 26.1 Å². The minimum Gasteiger partial charge on any atom is -0.483 e. The SMILES string of the molecule is CC1(C)Oc2cc(F)ccc2C2C1=CCn1c(=O)n(-c3ccccc3)c(=O)n12. The normalized spacial score (nSPS) is 19.1. The highest BCUT2D eigenvalue weighted by Crippen LogP contribution is 2.46. The first kappa shape index (κ1) is 16.8. The lowest BCUT2D eigenvalue weighted by atomic mass is 9.83. The Bertz CT molecular complexity index is 1250. The van der Waals surface area contributed by atoms with Gasteiger partial charge in [-0.1, -0.05) is 24.3 Å². The van der Waals surface area contributed by atoms with Crippen LogP contribution in [0.2, 0.25) is 0 Å². The largest absolute Gasteiger partial charge is 0.483 e. The van der Waals surface area contributed by atoms with E-state index in [1.807, 2.05) is 26.0 Å². The molecule has 5 rings (SSSR count). The number of aromatic nitrogens is 3. The average molecular weight is 379 g/mol. The summed E-state index contributed by atoms with van der Waals surface area (Å²) in [6, 6.07) is 12.6. The maximum Gasteiger partial charge on any atom is 0.352 e. The molecule has 1 unspecified atom stereocenters. The number of ether oxygens (including phenoxy) is 1. The highest BCUT2D eigenvalue weighted by Gasteiger charge is 2.43. The van der Waals surface area contributed by atoms with Crippen LogP contribution in [0.25, 0.3) is 5.69 Å². The Kier molecular flexibility index (Phi) is 3.34. The van der Waals surface area contributed by atoms with Gasteiger partial charge < -0.3 is 4.74 Å². The van der Waals surface area contributed by atoms with Crippen LogP contribution in [0.1, 0.15) is 25.5 Å². The summed E-state index contributed by atoms with van der Waals surface area (Å²) in [7, 11) is 0. The van der Waals surface area contributed by atoms with Crippen LogP contribution in [-0.4, -0.2) is 19.5 Å². The Morgan fingerprint density at radius 2 is 1.82 bits per heavy atom. The second-order valence-corrected chi connectivity index (χ2v) is 7.52. The number of fused-ring (bicyclic) bond motifs is 5. The van der Waals surface area contributed by atoms with E-state index >= 15 is 0 Å². The van der Waals surface area contributed by atoms with E-state index in [0.29, 0.717) is 17.0 Å². The summed E-state index contributed by atoms with van der Waals surface area (Å²) in [5.74, 6) is -0.0307. The summed E-state index contributed by atoms with van der Waals surface area (Å²) < 4.78 is 23.9. The Morgan fingerprint density at radius 3 is 2.57 bits per heavy atom. The third-order valence-electron chi connectivity index (χ3n) is 5.43. The standard InChI is InChI=1S/C21H18FN3O3/c1-21(2)16-10-11-23-19(26)24(14-6-4-3-5-7-14)20(27)25(23)18(16)15-9-8-13(22)12-17(15)28-21/h3-10,12,18H,11H2,1-2H3. The lowest BCUT2D eigenvalue weighted by Gasteiger charge is -2.42. The first-order valence-corrected chi connectivity index (χ1v) is 9.07. The third kappa shape index (κ3) is 2.19. The van der Waals surface area contributed by atoms with Crippen molar-refractivity contribution in [3.63, 3.8) is 0 Å². The molecule has 0 N–H and O–H groups in total.